The summed E-state index contributed by atoms with van der Waals surface area (Å²) in [6, 6.07) is 14.8. The Balaban J connectivity index is 2.04. The van der Waals surface area contributed by atoms with Crippen LogP contribution in [0.15, 0.2) is 48.5 Å². The van der Waals surface area contributed by atoms with Crippen LogP contribution in [-0.2, 0) is 5.88 Å². The number of pyridine rings is 1. The first-order valence-corrected chi connectivity index (χ1v) is 7.54. The van der Waals surface area contributed by atoms with Gasteiger partial charge in [-0.05, 0) is 18.2 Å². The minimum atomic E-state index is 0.234. The number of alkyl halides is 1. The van der Waals surface area contributed by atoms with Crippen molar-refractivity contribution in [3.63, 3.8) is 0 Å². The average molecular weight is 339 g/mol. The van der Waals surface area contributed by atoms with Crippen molar-refractivity contribution in [2.24, 2.45) is 0 Å². The van der Waals surface area contributed by atoms with Crippen molar-refractivity contribution in [1.29, 1.82) is 0 Å². The molecule has 2 nitrogen and oxygen atoms in total. The van der Waals surface area contributed by atoms with E-state index in [0.717, 1.165) is 10.8 Å². The molecule has 106 valence electrons. The van der Waals surface area contributed by atoms with Gasteiger partial charge in [-0.3, -0.25) is 0 Å². The van der Waals surface area contributed by atoms with Gasteiger partial charge in [-0.1, -0.05) is 47.5 Å². The van der Waals surface area contributed by atoms with E-state index in [0.29, 0.717) is 27.4 Å². The summed E-state index contributed by atoms with van der Waals surface area (Å²) >= 11 is 18.0. The molecule has 3 aromatic rings. The van der Waals surface area contributed by atoms with Gasteiger partial charge in [0.1, 0.15) is 5.75 Å². The fourth-order valence-corrected chi connectivity index (χ4v) is 2.72. The molecule has 0 fully saturated rings. The number of hydrogen-bond donors (Lipinski definition) is 0. The molecule has 0 amide bonds. The third-order valence-electron chi connectivity index (χ3n) is 3.07. The average Bonchev–Trinajstić information content (AvgIpc) is 2.52. The largest absolute Gasteiger partial charge is 0.438 e. The van der Waals surface area contributed by atoms with Crippen LogP contribution in [0.5, 0.6) is 11.6 Å². The molecule has 1 aromatic heterocycles. The van der Waals surface area contributed by atoms with Crippen molar-refractivity contribution in [2.75, 3.05) is 0 Å². The maximum absolute atomic E-state index is 6.19. The molecule has 0 spiro atoms. The minimum absolute atomic E-state index is 0.234. The topological polar surface area (TPSA) is 22.1 Å². The standard InChI is InChI=1S/C16H10Cl3NO/c17-9-14-13(19)6-8-16(20-14)21-15-7-5-12(18)10-3-1-2-4-11(10)15/h1-8H,9H2. The molecule has 0 aliphatic carbocycles. The van der Waals surface area contributed by atoms with Gasteiger partial charge in [-0.2, -0.15) is 0 Å². The highest BCUT2D eigenvalue weighted by atomic mass is 35.5. The summed E-state index contributed by atoms with van der Waals surface area (Å²) in [5, 5.41) is 3.07. The van der Waals surface area contributed by atoms with Crippen LogP contribution < -0.4 is 4.74 Å². The van der Waals surface area contributed by atoms with E-state index in [1.807, 2.05) is 30.3 Å². The first-order chi connectivity index (χ1) is 10.2. The summed E-state index contributed by atoms with van der Waals surface area (Å²) in [7, 11) is 0. The number of rotatable bonds is 3. The second-order valence-corrected chi connectivity index (χ2v) is 5.49. The lowest BCUT2D eigenvalue weighted by molar-refractivity contribution is 0.467. The predicted molar refractivity (Wildman–Crippen MR) is 87.8 cm³/mol. The van der Waals surface area contributed by atoms with E-state index in [1.54, 1.807) is 18.2 Å². The van der Waals surface area contributed by atoms with E-state index in [1.165, 1.54) is 0 Å². The van der Waals surface area contributed by atoms with Crippen molar-refractivity contribution in [3.05, 3.63) is 64.3 Å². The van der Waals surface area contributed by atoms with Crippen molar-refractivity contribution >= 4 is 45.6 Å². The molecule has 0 saturated heterocycles. The van der Waals surface area contributed by atoms with Gasteiger partial charge in [-0.25, -0.2) is 4.98 Å². The number of nitrogens with zero attached hydrogens (tertiary/aromatic N) is 1. The van der Waals surface area contributed by atoms with Crippen LogP contribution >= 0.6 is 34.8 Å². The summed E-state index contributed by atoms with van der Waals surface area (Å²) in [5.74, 6) is 1.37. The Morgan fingerprint density at radius 1 is 0.857 bits per heavy atom. The van der Waals surface area contributed by atoms with Gasteiger partial charge < -0.3 is 4.74 Å². The molecular weight excluding hydrogens is 329 g/mol. The Bertz CT molecular complexity index is 805. The Hall–Kier alpha value is -1.48. The number of benzene rings is 2. The zero-order valence-electron chi connectivity index (χ0n) is 10.8. The van der Waals surface area contributed by atoms with Crippen molar-refractivity contribution in [3.8, 4) is 11.6 Å². The quantitative estimate of drug-likeness (QED) is 0.540. The maximum atomic E-state index is 6.19. The first-order valence-electron chi connectivity index (χ1n) is 6.25. The molecule has 0 aliphatic rings. The number of ether oxygens (including phenoxy) is 1. The zero-order valence-corrected chi connectivity index (χ0v) is 13.1. The second kappa shape index (κ2) is 6.10. The third kappa shape index (κ3) is 2.93. The van der Waals surface area contributed by atoms with Crippen LogP contribution in [0.1, 0.15) is 5.69 Å². The number of fused-ring (bicyclic) bond motifs is 1. The number of hydrogen-bond acceptors (Lipinski definition) is 2. The van der Waals surface area contributed by atoms with E-state index in [-0.39, 0.29) is 5.88 Å². The second-order valence-electron chi connectivity index (χ2n) is 4.40. The normalized spacial score (nSPS) is 10.8. The molecule has 0 atom stereocenters. The lowest BCUT2D eigenvalue weighted by Gasteiger charge is -2.10. The van der Waals surface area contributed by atoms with Crippen molar-refractivity contribution in [1.82, 2.24) is 4.98 Å². The molecule has 0 aliphatic heterocycles. The van der Waals surface area contributed by atoms with Gasteiger partial charge in [0.2, 0.25) is 5.88 Å². The van der Waals surface area contributed by atoms with Gasteiger partial charge >= 0.3 is 0 Å². The number of halogens is 3. The van der Waals surface area contributed by atoms with E-state index in [2.05, 4.69) is 4.98 Å². The van der Waals surface area contributed by atoms with Crippen molar-refractivity contribution < 1.29 is 4.74 Å². The molecule has 0 radical (unpaired) electrons. The Kier molecular flexibility index (Phi) is 4.20. The van der Waals surface area contributed by atoms with Gasteiger partial charge in [0.05, 0.1) is 16.6 Å². The highest BCUT2D eigenvalue weighted by molar-refractivity contribution is 6.35. The van der Waals surface area contributed by atoms with Gasteiger partial charge in [0.25, 0.3) is 0 Å². The molecule has 0 unspecified atom stereocenters. The summed E-state index contributed by atoms with van der Waals surface area (Å²) in [6.45, 7) is 0. The van der Waals surface area contributed by atoms with E-state index >= 15 is 0 Å². The smallest absolute Gasteiger partial charge is 0.219 e. The highest BCUT2D eigenvalue weighted by Crippen LogP contribution is 2.34. The van der Waals surface area contributed by atoms with Gasteiger partial charge in [0, 0.05) is 21.9 Å². The summed E-state index contributed by atoms with van der Waals surface area (Å²) in [4.78, 5) is 4.30. The summed E-state index contributed by atoms with van der Waals surface area (Å²) in [6.07, 6.45) is 0. The van der Waals surface area contributed by atoms with Crippen LogP contribution in [0, 0.1) is 0 Å². The Labute approximate surface area is 137 Å². The van der Waals surface area contributed by atoms with Crippen molar-refractivity contribution in [2.45, 2.75) is 5.88 Å². The number of aromatic nitrogens is 1. The van der Waals surface area contributed by atoms with Crippen LogP contribution in [0.25, 0.3) is 10.8 Å². The molecule has 0 N–H and O–H groups in total. The maximum Gasteiger partial charge on any atom is 0.219 e. The lowest BCUT2D eigenvalue weighted by atomic mass is 10.1. The highest BCUT2D eigenvalue weighted by Gasteiger charge is 2.09. The fourth-order valence-electron chi connectivity index (χ4n) is 2.05. The summed E-state index contributed by atoms with van der Waals surface area (Å²) in [5.41, 5.74) is 0.592. The van der Waals surface area contributed by atoms with Gasteiger partial charge in [-0.15, -0.1) is 11.6 Å². The molecule has 0 bridgehead atoms. The fraction of sp³-hybridized carbons (Fsp3) is 0.0625. The van der Waals surface area contributed by atoms with E-state index < -0.39 is 0 Å². The van der Waals surface area contributed by atoms with Gasteiger partial charge in [0.15, 0.2) is 0 Å². The lowest BCUT2D eigenvalue weighted by Crippen LogP contribution is -1.93. The van der Waals surface area contributed by atoms with E-state index in [9.17, 15) is 0 Å². The van der Waals surface area contributed by atoms with Crippen LogP contribution in [0.4, 0.5) is 0 Å². The monoisotopic (exact) mass is 337 g/mol. The van der Waals surface area contributed by atoms with E-state index in [4.69, 9.17) is 39.5 Å². The molecule has 2 aromatic carbocycles. The first kappa shape index (κ1) is 14.5. The molecule has 5 heteroatoms. The zero-order chi connectivity index (χ0) is 14.8. The molecule has 3 rings (SSSR count). The third-order valence-corrected chi connectivity index (χ3v) is 3.99. The SMILES string of the molecule is ClCc1nc(Oc2ccc(Cl)c3ccccc23)ccc1Cl. The molecular formula is C16H10Cl3NO. The van der Waals surface area contributed by atoms with Crippen LogP contribution in [0.2, 0.25) is 10.0 Å². The Morgan fingerprint density at radius 3 is 2.33 bits per heavy atom. The summed E-state index contributed by atoms with van der Waals surface area (Å²) < 4.78 is 5.86. The van der Waals surface area contributed by atoms with Crippen LogP contribution in [-0.4, -0.2) is 4.98 Å². The van der Waals surface area contributed by atoms with Crippen LogP contribution in [0.3, 0.4) is 0 Å². The minimum Gasteiger partial charge on any atom is -0.438 e. The molecule has 1 heterocycles. The predicted octanol–water partition coefficient (Wildman–Crippen LogP) is 6.07. The Morgan fingerprint density at radius 2 is 1.57 bits per heavy atom. The molecule has 0 saturated carbocycles. The molecule has 21 heavy (non-hydrogen) atoms.